The molecule has 1 aromatic rings. The first-order valence-electron chi connectivity index (χ1n) is 9.63. The number of nitrogens with zero attached hydrogens (tertiary/aromatic N) is 5. The number of amides is 1. The van der Waals surface area contributed by atoms with Crippen molar-refractivity contribution in [3.8, 4) is 0 Å². The minimum absolute atomic E-state index is 0.0236. The Morgan fingerprint density at radius 2 is 2.07 bits per heavy atom. The number of thiocarbonyl (C=S) groups is 1. The van der Waals surface area contributed by atoms with Crippen LogP contribution in [0.1, 0.15) is 54.7 Å². The third-order valence-electron chi connectivity index (χ3n) is 5.18. The van der Waals surface area contributed by atoms with Gasteiger partial charge in [0.1, 0.15) is 5.69 Å². The highest BCUT2D eigenvalue weighted by Gasteiger charge is 2.37. The number of aryl methyl sites for hydroxylation is 2. The summed E-state index contributed by atoms with van der Waals surface area (Å²) in [7, 11) is 1.54. The molecule has 0 radical (unpaired) electrons. The number of hydrogen-bond acceptors (Lipinski definition) is 5. The van der Waals surface area contributed by atoms with Gasteiger partial charge in [-0.2, -0.15) is 5.10 Å². The zero-order valence-electron chi connectivity index (χ0n) is 16.3. The third kappa shape index (κ3) is 4.16. The largest absolute Gasteiger partial charge is 0.361 e. The van der Waals surface area contributed by atoms with Crippen molar-refractivity contribution in [2.45, 2.75) is 45.4 Å². The van der Waals surface area contributed by atoms with Gasteiger partial charge in [-0.3, -0.25) is 24.6 Å². The molecular weight excluding hydrogens is 380 g/mol. The van der Waals surface area contributed by atoms with E-state index in [4.69, 9.17) is 12.2 Å². The minimum Gasteiger partial charge on any atom is -0.361 e. The molecule has 1 fully saturated rings. The van der Waals surface area contributed by atoms with Gasteiger partial charge in [0.15, 0.2) is 5.11 Å². The van der Waals surface area contributed by atoms with E-state index in [2.05, 4.69) is 16.5 Å². The van der Waals surface area contributed by atoms with Crippen molar-refractivity contribution in [1.29, 1.82) is 0 Å². The lowest BCUT2D eigenvalue weighted by Crippen LogP contribution is -2.49. The van der Waals surface area contributed by atoms with E-state index in [-0.39, 0.29) is 17.1 Å². The molecule has 9 nitrogen and oxygen atoms in total. The normalized spacial score (nSPS) is 16.9. The van der Waals surface area contributed by atoms with Crippen LogP contribution in [0, 0.1) is 17.0 Å². The van der Waals surface area contributed by atoms with Crippen LogP contribution in [-0.4, -0.2) is 55.4 Å². The van der Waals surface area contributed by atoms with Crippen LogP contribution in [0.4, 0.5) is 5.69 Å². The maximum Gasteiger partial charge on any atom is 0.322 e. The SMILES string of the molecule is Cc1nn(C)c(C(=O)N2CCCN2C(=S)NCCC2=CCCCC2)c1[N+](=O)[O-]. The van der Waals surface area contributed by atoms with Gasteiger partial charge in [-0.15, -0.1) is 0 Å². The smallest absolute Gasteiger partial charge is 0.322 e. The third-order valence-corrected chi connectivity index (χ3v) is 5.54. The highest BCUT2D eigenvalue weighted by molar-refractivity contribution is 7.80. The Hall–Kier alpha value is -2.49. The van der Waals surface area contributed by atoms with Crippen LogP contribution >= 0.6 is 12.2 Å². The highest BCUT2D eigenvalue weighted by atomic mass is 32.1. The van der Waals surface area contributed by atoms with Gasteiger partial charge in [-0.1, -0.05) is 11.6 Å². The molecule has 3 rings (SSSR count). The van der Waals surface area contributed by atoms with Gasteiger partial charge < -0.3 is 5.32 Å². The number of hydrazine groups is 1. The van der Waals surface area contributed by atoms with E-state index in [9.17, 15) is 14.9 Å². The molecular formula is C18H26N6O3S. The fourth-order valence-electron chi connectivity index (χ4n) is 3.81. The maximum atomic E-state index is 13.1. The number of carbonyl (C=O) groups is 1. The van der Waals surface area contributed by atoms with E-state index >= 15 is 0 Å². The summed E-state index contributed by atoms with van der Waals surface area (Å²) in [5.41, 5.74) is 1.41. The molecule has 1 amide bonds. The first-order valence-corrected chi connectivity index (χ1v) is 10.0. The van der Waals surface area contributed by atoms with Gasteiger partial charge in [-0.25, -0.2) is 5.01 Å². The summed E-state index contributed by atoms with van der Waals surface area (Å²) in [5, 5.41) is 22.4. The van der Waals surface area contributed by atoms with Gasteiger partial charge in [-0.05, 0) is 57.7 Å². The molecule has 0 atom stereocenters. The topological polar surface area (TPSA) is 96.5 Å². The molecule has 2 aliphatic rings. The van der Waals surface area contributed by atoms with E-state index in [0.29, 0.717) is 24.7 Å². The summed E-state index contributed by atoms with van der Waals surface area (Å²) in [6.45, 7) is 3.31. The molecule has 1 aromatic heterocycles. The predicted molar refractivity (Wildman–Crippen MR) is 109 cm³/mol. The molecule has 1 aliphatic heterocycles. The summed E-state index contributed by atoms with van der Waals surface area (Å²) in [6.07, 6.45) is 8.80. The Morgan fingerprint density at radius 3 is 2.75 bits per heavy atom. The molecule has 10 heteroatoms. The second-order valence-corrected chi connectivity index (χ2v) is 7.55. The summed E-state index contributed by atoms with van der Waals surface area (Å²) in [6, 6.07) is 0. The molecule has 0 unspecified atom stereocenters. The van der Waals surface area contributed by atoms with E-state index in [0.717, 1.165) is 25.7 Å². The van der Waals surface area contributed by atoms with E-state index in [1.807, 2.05) is 0 Å². The van der Waals surface area contributed by atoms with Crippen LogP contribution in [0.15, 0.2) is 11.6 Å². The zero-order chi connectivity index (χ0) is 20.3. The molecule has 2 heterocycles. The first kappa shape index (κ1) is 20.2. The summed E-state index contributed by atoms with van der Waals surface area (Å²) in [5.74, 6) is -0.452. The Morgan fingerprint density at radius 1 is 1.32 bits per heavy atom. The fourth-order valence-corrected chi connectivity index (χ4v) is 4.11. The van der Waals surface area contributed by atoms with Crippen molar-refractivity contribution in [3.63, 3.8) is 0 Å². The van der Waals surface area contributed by atoms with Gasteiger partial charge in [0.2, 0.25) is 5.69 Å². The van der Waals surface area contributed by atoms with Crippen LogP contribution in [-0.2, 0) is 7.05 Å². The lowest BCUT2D eigenvalue weighted by atomic mass is 9.97. The molecule has 1 aliphatic carbocycles. The molecule has 0 spiro atoms. The average molecular weight is 407 g/mol. The van der Waals surface area contributed by atoms with Crippen molar-refractivity contribution in [1.82, 2.24) is 25.1 Å². The highest BCUT2D eigenvalue weighted by Crippen LogP contribution is 2.26. The molecule has 0 saturated carbocycles. The van der Waals surface area contributed by atoms with E-state index in [1.165, 1.54) is 35.0 Å². The lowest BCUT2D eigenvalue weighted by Gasteiger charge is -2.30. The summed E-state index contributed by atoms with van der Waals surface area (Å²) >= 11 is 5.49. The first-order chi connectivity index (χ1) is 13.4. The zero-order valence-corrected chi connectivity index (χ0v) is 17.1. The van der Waals surface area contributed by atoms with Crippen LogP contribution in [0.3, 0.4) is 0 Å². The van der Waals surface area contributed by atoms with Crippen molar-refractivity contribution in [2.24, 2.45) is 7.05 Å². The molecule has 152 valence electrons. The van der Waals surface area contributed by atoms with Crippen molar-refractivity contribution >= 4 is 28.9 Å². The molecule has 1 N–H and O–H groups in total. The summed E-state index contributed by atoms with van der Waals surface area (Å²) in [4.78, 5) is 23.9. The lowest BCUT2D eigenvalue weighted by molar-refractivity contribution is -0.385. The van der Waals surface area contributed by atoms with Gasteiger partial charge in [0.25, 0.3) is 5.91 Å². The fraction of sp³-hybridized carbons (Fsp3) is 0.611. The van der Waals surface area contributed by atoms with Crippen LogP contribution < -0.4 is 5.32 Å². The van der Waals surface area contributed by atoms with Gasteiger partial charge in [0, 0.05) is 26.7 Å². The maximum absolute atomic E-state index is 13.1. The Balaban J connectivity index is 1.67. The number of hydrogen-bond donors (Lipinski definition) is 1. The van der Waals surface area contributed by atoms with Crippen molar-refractivity contribution in [3.05, 3.63) is 33.2 Å². The van der Waals surface area contributed by atoms with Crippen LogP contribution in [0.5, 0.6) is 0 Å². The van der Waals surface area contributed by atoms with Gasteiger partial charge >= 0.3 is 5.69 Å². The van der Waals surface area contributed by atoms with Crippen LogP contribution in [0.25, 0.3) is 0 Å². The number of rotatable bonds is 5. The van der Waals surface area contributed by atoms with Crippen molar-refractivity contribution < 1.29 is 9.72 Å². The Labute approximate surface area is 169 Å². The monoisotopic (exact) mass is 406 g/mol. The number of allylic oxidation sites excluding steroid dienone is 1. The second kappa shape index (κ2) is 8.68. The second-order valence-electron chi connectivity index (χ2n) is 7.16. The van der Waals surface area contributed by atoms with E-state index in [1.54, 1.807) is 12.1 Å². The molecule has 0 bridgehead atoms. The number of aromatic nitrogens is 2. The Kier molecular flexibility index (Phi) is 6.28. The predicted octanol–water partition coefficient (Wildman–Crippen LogP) is 2.46. The molecule has 1 saturated heterocycles. The summed E-state index contributed by atoms with van der Waals surface area (Å²) < 4.78 is 1.28. The number of nitrogens with one attached hydrogen (secondary N) is 1. The molecule has 0 aromatic carbocycles. The van der Waals surface area contributed by atoms with E-state index < -0.39 is 10.8 Å². The Bertz CT molecular complexity index is 818. The molecule has 28 heavy (non-hydrogen) atoms. The van der Waals surface area contributed by atoms with Gasteiger partial charge in [0.05, 0.1) is 4.92 Å². The van der Waals surface area contributed by atoms with Crippen molar-refractivity contribution in [2.75, 3.05) is 19.6 Å². The quantitative estimate of drug-likeness (QED) is 0.347. The van der Waals surface area contributed by atoms with Crippen LogP contribution in [0.2, 0.25) is 0 Å². The number of carbonyl (C=O) groups excluding carboxylic acids is 1. The standard InChI is InChI=1S/C18H26N6O3S/c1-13-15(24(26)27)16(21(2)20-13)17(25)22-11-6-12-23(22)18(28)19-10-9-14-7-4-3-5-8-14/h7H,3-6,8-12H2,1-2H3,(H,19,28). The average Bonchev–Trinajstić information content (AvgIpc) is 3.26. The minimum atomic E-state index is -0.551. The number of nitro groups is 1.